The van der Waals surface area contributed by atoms with Crippen molar-refractivity contribution in [1.82, 2.24) is 14.9 Å². The van der Waals surface area contributed by atoms with Crippen molar-refractivity contribution >= 4 is 21.4 Å². The number of sulfonamides is 1. The highest BCUT2D eigenvalue weighted by Gasteiger charge is 2.19. The van der Waals surface area contributed by atoms with Gasteiger partial charge in [0.2, 0.25) is 10.0 Å². The average molecular weight is 291 g/mol. The van der Waals surface area contributed by atoms with Gasteiger partial charge in [-0.05, 0) is 34.1 Å². The molecule has 1 heterocycles. The Morgan fingerprint density at radius 2 is 2.06 bits per heavy atom. The van der Waals surface area contributed by atoms with E-state index >= 15 is 0 Å². The second-order valence-electron chi connectivity index (χ2n) is 4.36. The molecule has 1 rings (SSSR count). The first-order chi connectivity index (χ1) is 8.36. The fraction of sp³-hybridized carbons (Fsp3) is 0.636. The third kappa shape index (κ3) is 4.33. The van der Waals surface area contributed by atoms with Gasteiger partial charge in [0.15, 0.2) is 0 Å². The molecule has 1 aromatic heterocycles. The molecule has 104 valence electrons. The van der Waals surface area contributed by atoms with Gasteiger partial charge < -0.3 is 10.2 Å². The maximum absolute atomic E-state index is 12.1. The molecule has 0 amide bonds. The van der Waals surface area contributed by atoms with Gasteiger partial charge in [-0.2, -0.15) is 0 Å². The largest absolute Gasteiger partial charge is 0.315 e. The summed E-state index contributed by atoms with van der Waals surface area (Å²) < 4.78 is 26.8. The maximum Gasteiger partial charge on any atom is 0.241 e. The first-order valence-corrected chi connectivity index (χ1v) is 8.05. The highest BCUT2D eigenvalue weighted by atomic mass is 32.2. The lowest BCUT2D eigenvalue weighted by molar-refractivity contribution is 0.412. The summed E-state index contributed by atoms with van der Waals surface area (Å²) in [4.78, 5) is 4.20. The van der Waals surface area contributed by atoms with E-state index in [9.17, 15) is 8.42 Å². The van der Waals surface area contributed by atoms with Crippen LogP contribution in [0.2, 0.25) is 0 Å². The Kier molecular flexibility index (Phi) is 5.74. The molecule has 0 bridgehead atoms. The molecule has 0 atom stereocenters. The van der Waals surface area contributed by atoms with Gasteiger partial charge >= 0.3 is 0 Å². The van der Waals surface area contributed by atoms with Gasteiger partial charge in [0.05, 0.1) is 4.90 Å². The van der Waals surface area contributed by atoms with E-state index in [1.807, 2.05) is 33.0 Å². The summed E-state index contributed by atoms with van der Waals surface area (Å²) in [5.74, 6) is 0. The normalized spacial score (nSPS) is 12.3. The fourth-order valence-corrected chi connectivity index (χ4v) is 4.20. The number of nitrogens with one attached hydrogen (secondary N) is 2. The van der Waals surface area contributed by atoms with Gasteiger partial charge in [-0.1, -0.05) is 0 Å². The van der Waals surface area contributed by atoms with Crippen LogP contribution in [0.5, 0.6) is 0 Å². The fourth-order valence-electron chi connectivity index (χ4n) is 1.53. The van der Waals surface area contributed by atoms with Crippen molar-refractivity contribution in [3.63, 3.8) is 0 Å². The number of thiophene rings is 1. The number of hydrogen-bond acceptors (Lipinski definition) is 5. The Bertz CT molecular complexity index is 480. The van der Waals surface area contributed by atoms with Crippen molar-refractivity contribution in [2.24, 2.45) is 0 Å². The van der Waals surface area contributed by atoms with Gasteiger partial charge in [-0.25, -0.2) is 13.1 Å². The van der Waals surface area contributed by atoms with Crippen LogP contribution in [0.25, 0.3) is 0 Å². The van der Waals surface area contributed by atoms with Crippen molar-refractivity contribution in [2.75, 3.05) is 34.2 Å². The molecule has 2 N–H and O–H groups in total. The molecule has 0 saturated heterocycles. The van der Waals surface area contributed by atoms with Crippen LogP contribution in [0.15, 0.2) is 11.0 Å². The quantitative estimate of drug-likeness (QED) is 0.773. The first kappa shape index (κ1) is 15.6. The van der Waals surface area contributed by atoms with Crippen LogP contribution in [0.4, 0.5) is 0 Å². The van der Waals surface area contributed by atoms with Crippen molar-refractivity contribution in [3.8, 4) is 0 Å². The van der Waals surface area contributed by atoms with Crippen molar-refractivity contribution in [1.29, 1.82) is 0 Å². The predicted octanol–water partition coefficient (Wildman–Crippen LogP) is 0.616. The number of nitrogens with zero attached hydrogens (tertiary/aromatic N) is 1. The number of hydrogen-bond donors (Lipinski definition) is 2. The maximum atomic E-state index is 12.1. The van der Waals surface area contributed by atoms with Crippen LogP contribution >= 0.6 is 11.3 Å². The van der Waals surface area contributed by atoms with E-state index < -0.39 is 10.0 Å². The minimum Gasteiger partial charge on any atom is -0.315 e. The molecule has 5 nitrogen and oxygen atoms in total. The molecular weight excluding hydrogens is 270 g/mol. The molecule has 0 aliphatic carbocycles. The molecule has 0 fully saturated rings. The summed E-state index contributed by atoms with van der Waals surface area (Å²) in [6.45, 7) is 3.64. The Labute approximate surface area is 113 Å². The van der Waals surface area contributed by atoms with Crippen LogP contribution in [0, 0.1) is 6.92 Å². The highest BCUT2D eigenvalue weighted by Crippen LogP contribution is 2.25. The van der Waals surface area contributed by atoms with E-state index in [1.54, 1.807) is 6.07 Å². The highest BCUT2D eigenvalue weighted by molar-refractivity contribution is 7.89. The Hall–Kier alpha value is -0.470. The summed E-state index contributed by atoms with van der Waals surface area (Å²) in [6.07, 6.45) is 0. The lowest BCUT2D eigenvalue weighted by atomic mass is 10.4. The molecule has 0 unspecified atom stereocenters. The minimum atomic E-state index is -3.38. The molecular formula is C11H21N3O2S2. The van der Waals surface area contributed by atoms with Crippen LogP contribution in [-0.2, 0) is 16.6 Å². The molecule has 1 aromatic rings. The molecule has 0 aliphatic heterocycles. The smallest absolute Gasteiger partial charge is 0.241 e. The summed E-state index contributed by atoms with van der Waals surface area (Å²) in [5.41, 5.74) is 0. The Balaban J connectivity index is 2.78. The number of likely N-dealkylation sites (N-methyl/N-ethyl adjacent to an activating group) is 1. The van der Waals surface area contributed by atoms with Crippen LogP contribution < -0.4 is 10.0 Å². The third-order valence-electron chi connectivity index (χ3n) is 2.41. The SMILES string of the molecule is CNCc1cc(S(=O)(=O)NCCN(C)C)c(C)s1. The van der Waals surface area contributed by atoms with Crippen LogP contribution in [0.1, 0.15) is 9.75 Å². The van der Waals surface area contributed by atoms with Crippen LogP contribution in [0.3, 0.4) is 0 Å². The van der Waals surface area contributed by atoms with E-state index in [2.05, 4.69) is 10.0 Å². The minimum absolute atomic E-state index is 0.400. The second kappa shape index (κ2) is 6.63. The van der Waals surface area contributed by atoms with Crippen molar-refractivity contribution in [2.45, 2.75) is 18.4 Å². The van der Waals surface area contributed by atoms with E-state index in [0.717, 1.165) is 9.75 Å². The topological polar surface area (TPSA) is 61.4 Å². The zero-order valence-electron chi connectivity index (χ0n) is 11.3. The summed E-state index contributed by atoms with van der Waals surface area (Å²) in [6, 6.07) is 1.74. The molecule has 0 saturated carbocycles. The van der Waals surface area contributed by atoms with Gasteiger partial charge in [0.25, 0.3) is 0 Å². The third-order valence-corrected chi connectivity index (χ3v) is 5.18. The summed E-state index contributed by atoms with van der Waals surface area (Å²) in [7, 11) is 2.29. The molecule has 7 heteroatoms. The van der Waals surface area contributed by atoms with Crippen molar-refractivity contribution in [3.05, 3.63) is 15.8 Å². The zero-order valence-corrected chi connectivity index (χ0v) is 12.9. The first-order valence-electron chi connectivity index (χ1n) is 5.75. The second-order valence-corrected chi connectivity index (χ2v) is 7.44. The number of aryl methyl sites for hydroxylation is 1. The van der Waals surface area contributed by atoms with E-state index in [-0.39, 0.29) is 0 Å². The molecule has 0 aliphatic rings. The standard InChI is InChI=1S/C11H21N3O2S2/c1-9-11(7-10(17-9)8-12-2)18(15,16)13-5-6-14(3)4/h7,12-13H,5-6,8H2,1-4H3. The Morgan fingerprint density at radius 3 is 2.61 bits per heavy atom. The van der Waals surface area contributed by atoms with E-state index in [0.29, 0.717) is 24.5 Å². The van der Waals surface area contributed by atoms with Gasteiger partial charge in [-0.3, -0.25) is 0 Å². The predicted molar refractivity (Wildman–Crippen MR) is 75.6 cm³/mol. The lowest BCUT2D eigenvalue weighted by Crippen LogP contribution is -2.31. The molecule has 0 spiro atoms. The molecule has 18 heavy (non-hydrogen) atoms. The van der Waals surface area contributed by atoms with Crippen LogP contribution in [-0.4, -0.2) is 47.6 Å². The van der Waals surface area contributed by atoms with Crippen molar-refractivity contribution < 1.29 is 8.42 Å². The van der Waals surface area contributed by atoms with E-state index in [1.165, 1.54) is 11.3 Å². The van der Waals surface area contributed by atoms with Gasteiger partial charge in [0.1, 0.15) is 0 Å². The average Bonchev–Trinajstić information content (AvgIpc) is 2.60. The Morgan fingerprint density at radius 1 is 1.39 bits per heavy atom. The number of rotatable bonds is 7. The summed E-state index contributed by atoms with van der Waals surface area (Å²) >= 11 is 1.51. The van der Waals surface area contributed by atoms with Gasteiger partial charge in [0, 0.05) is 29.4 Å². The van der Waals surface area contributed by atoms with Gasteiger partial charge in [-0.15, -0.1) is 11.3 Å². The molecule has 0 radical (unpaired) electrons. The zero-order chi connectivity index (χ0) is 13.8. The van der Waals surface area contributed by atoms with E-state index in [4.69, 9.17) is 0 Å². The summed E-state index contributed by atoms with van der Waals surface area (Å²) in [5, 5.41) is 3.02. The molecule has 0 aromatic carbocycles. The monoisotopic (exact) mass is 291 g/mol. The lowest BCUT2D eigenvalue weighted by Gasteiger charge is -2.10.